The summed E-state index contributed by atoms with van der Waals surface area (Å²) in [6.07, 6.45) is 9.54. The van der Waals surface area contributed by atoms with Crippen molar-refractivity contribution in [1.29, 1.82) is 0 Å². The van der Waals surface area contributed by atoms with Gasteiger partial charge in [-0.3, -0.25) is 4.79 Å². The number of esters is 1. The zero-order valence-electron chi connectivity index (χ0n) is 16.7. The largest absolute Gasteiger partial charge is 0.469 e. The molecule has 0 aromatic carbocycles. The van der Waals surface area contributed by atoms with Gasteiger partial charge in [0, 0.05) is 13.0 Å². The van der Waals surface area contributed by atoms with Gasteiger partial charge in [0.05, 0.1) is 12.6 Å². The van der Waals surface area contributed by atoms with E-state index in [1.165, 1.54) is 7.11 Å². The van der Waals surface area contributed by atoms with Crippen LogP contribution < -0.4 is 5.73 Å². The number of hydrogen-bond donors (Lipinski definition) is 2. The molecule has 0 bridgehead atoms. The monoisotopic (exact) mass is 357 g/mol. The van der Waals surface area contributed by atoms with Crippen molar-refractivity contribution < 1.29 is 14.6 Å². The van der Waals surface area contributed by atoms with E-state index in [9.17, 15) is 9.90 Å². The molecule has 0 aliphatic carbocycles. The second-order valence-electron chi connectivity index (χ2n) is 6.97. The number of hydrogen-bond acceptors (Lipinski definition) is 4. The predicted molar refractivity (Wildman–Crippen MR) is 103 cm³/mol. The fourth-order valence-electron chi connectivity index (χ4n) is 2.81. The number of rotatable bonds is 14. The molecule has 0 aromatic heterocycles. The third-order valence-electron chi connectivity index (χ3n) is 4.55. The van der Waals surface area contributed by atoms with Gasteiger partial charge >= 0.3 is 5.97 Å². The fraction of sp³-hybridized carbons (Fsp3) is 0.895. The van der Waals surface area contributed by atoms with Crippen LogP contribution in [0, 0.1) is 0 Å². The number of aliphatic hydroxyl groups is 1. The van der Waals surface area contributed by atoms with Crippen molar-refractivity contribution in [2.75, 3.05) is 20.4 Å². The van der Waals surface area contributed by atoms with Gasteiger partial charge in [-0.15, -0.1) is 0 Å². The molecular formula is C19H39N3O3. The zero-order chi connectivity index (χ0) is 19.1. The SMILES string of the molecule is CCCCC(C)(CCCC)N=C(N)N(CO)CCCCCC(=O)OC. The number of guanidine groups is 1. The Hall–Kier alpha value is -1.30. The number of carbonyl (C=O) groups excluding carboxylic acids is 1. The predicted octanol–water partition coefficient (Wildman–Crippen LogP) is 3.43. The Morgan fingerprint density at radius 1 is 1.12 bits per heavy atom. The first-order valence-corrected chi connectivity index (χ1v) is 9.70. The van der Waals surface area contributed by atoms with Crippen LogP contribution in [0.15, 0.2) is 4.99 Å². The number of ether oxygens (including phenoxy) is 1. The second kappa shape index (κ2) is 13.9. The first-order chi connectivity index (χ1) is 11.9. The van der Waals surface area contributed by atoms with Crippen LogP contribution in [-0.2, 0) is 9.53 Å². The highest BCUT2D eigenvalue weighted by atomic mass is 16.5. The molecule has 0 unspecified atom stereocenters. The van der Waals surface area contributed by atoms with E-state index in [1.807, 2.05) is 0 Å². The Bertz CT molecular complexity index is 378. The maximum Gasteiger partial charge on any atom is 0.305 e. The van der Waals surface area contributed by atoms with Crippen molar-refractivity contribution in [2.24, 2.45) is 10.7 Å². The molecule has 0 fully saturated rings. The van der Waals surface area contributed by atoms with Crippen LogP contribution in [0.5, 0.6) is 0 Å². The fourth-order valence-corrected chi connectivity index (χ4v) is 2.81. The first-order valence-electron chi connectivity index (χ1n) is 9.70. The van der Waals surface area contributed by atoms with E-state index >= 15 is 0 Å². The lowest BCUT2D eigenvalue weighted by atomic mass is 9.90. The summed E-state index contributed by atoms with van der Waals surface area (Å²) in [5, 5.41) is 9.62. The van der Waals surface area contributed by atoms with Gasteiger partial charge in [-0.2, -0.15) is 0 Å². The number of nitrogens with two attached hydrogens (primary N) is 1. The molecular weight excluding hydrogens is 318 g/mol. The number of methoxy groups -OCH3 is 1. The molecule has 0 saturated heterocycles. The van der Waals surface area contributed by atoms with Crippen LogP contribution in [-0.4, -0.2) is 47.9 Å². The normalized spacial score (nSPS) is 12.3. The topological polar surface area (TPSA) is 88.1 Å². The molecule has 3 N–H and O–H groups in total. The highest BCUT2D eigenvalue weighted by Crippen LogP contribution is 2.25. The number of aliphatic hydroxyl groups excluding tert-OH is 1. The van der Waals surface area contributed by atoms with E-state index in [4.69, 9.17) is 10.7 Å². The van der Waals surface area contributed by atoms with Gasteiger partial charge in [-0.1, -0.05) is 46.0 Å². The van der Waals surface area contributed by atoms with Crippen molar-refractivity contribution in [1.82, 2.24) is 4.90 Å². The highest BCUT2D eigenvalue weighted by Gasteiger charge is 2.23. The van der Waals surface area contributed by atoms with Gasteiger partial charge in [0.15, 0.2) is 5.96 Å². The Morgan fingerprint density at radius 3 is 2.20 bits per heavy atom. The van der Waals surface area contributed by atoms with Crippen LogP contribution in [0.1, 0.15) is 85.0 Å². The van der Waals surface area contributed by atoms with E-state index in [0.29, 0.717) is 18.9 Å². The molecule has 6 heteroatoms. The quantitative estimate of drug-likeness (QED) is 0.163. The summed E-state index contributed by atoms with van der Waals surface area (Å²) in [6, 6.07) is 0. The molecule has 0 spiro atoms. The second-order valence-corrected chi connectivity index (χ2v) is 6.97. The van der Waals surface area contributed by atoms with Gasteiger partial charge in [-0.05, 0) is 32.6 Å². The average molecular weight is 358 g/mol. The molecule has 25 heavy (non-hydrogen) atoms. The van der Waals surface area contributed by atoms with Gasteiger partial charge in [-0.25, -0.2) is 4.99 Å². The number of unbranched alkanes of at least 4 members (excludes halogenated alkanes) is 4. The lowest BCUT2D eigenvalue weighted by Gasteiger charge is -2.29. The maximum atomic E-state index is 11.1. The third-order valence-corrected chi connectivity index (χ3v) is 4.55. The van der Waals surface area contributed by atoms with Gasteiger partial charge in [0.1, 0.15) is 6.73 Å². The Kier molecular flexibility index (Phi) is 13.2. The van der Waals surface area contributed by atoms with Gasteiger partial charge in [0.2, 0.25) is 0 Å². The summed E-state index contributed by atoms with van der Waals surface area (Å²) in [7, 11) is 1.40. The van der Waals surface area contributed by atoms with Crippen LogP contribution >= 0.6 is 0 Å². The van der Waals surface area contributed by atoms with E-state index in [-0.39, 0.29) is 18.2 Å². The molecule has 0 atom stereocenters. The minimum absolute atomic E-state index is 0.135. The lowest BCUT2D eigenvalue weighted by Crippen LogP contribution is -2.41. The van der Waals surface area contributed by atoms with Gasteiger partial charge < -0.3 is 20.5 Å². The van der Waals surface area contributed by atoms with Crippen molar-refractivity contribution in [3.05, 3.63) is 0 Å². The zero-order valence-corrected chi connectivity index (χ0v) is 16.7. The van der Waals surface area contributed by atoms with Crippen molar-refractivity contribution in [3.8, 4) is 0 Å². The summed E-state index contributed by atoms with van der Waals surface area (Å²) in [6.45, 7) is 7.04. The minimum atomic E-state index is -0.178. The maximum absolute atomic E-state index is 11.1. The Balaban J connectivity index is 4.59. The molecule has 0 rings (SSSR count). The van der Waals surface area contributed by atoms with Crippen molar-refractivity contribution in [2.45, 2.75) is 90.5 Å². The van der Waals surface area contributed by atoms with Crippen LogP contribution in [0.3, 0.4) is 0 Å². The summed E-state index contributed by atoms with van der Waals surface area (Å²) < 4.78 is 4.63. The molecule has 0 aromatic rings. The van der Waals surface area contributed by atoms with E-state index in [0.717, 1.165) is 57.8 Å². The molecule has 0 amide bonds. The molecule has 6 nitrogen and oxygen atoms in total. The summed E-state index contributed by atoms with van der Waals surface area (Å²) in [4.78, 5) is 17.6. The van der Waals surface area contributed by atoms with Crippen LogP contribution in [0.2, 0.25) is 0 Å². The third kappa shape index (κ3) is 11.0. The summed E-state index contributed by atoms with van der Waals surface area (Å²) in [5.41, 5.74) is 6.03. The van der Waals surface area contributed by atoms with Crippen molar-refractivity contribution >= 4 is 11.9 Å². The Labute approximate surface area is 153 Å². The van der Waals surface area contributed by atoms with Crippen molar-refractivity contribution in [3.63, 3.8) is 0 Å². The number of nitrogens with zero attached hydrogens (tertiary/aromatic N) is 2. The van der Waals surface area contributed by atoms with Crippen LogP contribution in [0.25, 0.3) is 0 Å². The minimum Gasteiger partial charge on any atom is -0.469 e. The summed E-state index contributed by atoms with van der Waals surface area (Å²) >= 11 is 0. The van der Waals surface area contributed by atoms with Crippen LogP contribution in [0.4, 0.5) is 0 Å². The van der Waals surface area contributed by atoms with E-state index in [2.05, 4.69) is 25.5 Å². The Morgan fingerprint density at radius 2 is 1.72 bits per heavy atom. The standard InChI is InChI=1S/C19H39N3O3/c1-5-7-13-19(3,14-8-6-2)21-18(20)22(16-23)15-11-9-10-12-17(24)25-4/h23H,5-16H2,1-4H3,(H2,20,21). The molecule has 0 saturated carbocycles. The number of carbonyl (C=O) groups is 1. The number of aliphatic imine (C=N–C) groups is 1. The highest BCUT2D eigenvalue weighted by molar-refractivity contribution is 5.78. The smallest absolute Gasteiger partial charge is 0.305 e. The molecule has 0 aliphatic rings. The molecule has 0 aliphatic heterocycles. The molecule has 148 valence electrons. The van der Waals surface area contributed by atoms with E-state index < -0.39 is 0 Å². The van der Waals surface area contributed by atoms with E-state index in [1.54, 1.807) is 4.90 Å². The molecule has 0 heterocycles. The summed E-state index contributed by atoms with van der Waals surface area (Å²) in [5.74, 6) is 0.243. The molecule has 0 radical (unpaired) electrons. The average Bonchev–Trinajstić information content (AvgIpc) is 2.60. The lowest BCUT2D eigenvalue weighted by molar-refractivity contribution is -0.140. The van der Waals surface area contributed by atoms with Gasteiger partial charge in [0.25, 0.3) is 0 Å². The first kappa shape index (κ1) is 23.7.